The molecule has 1 heterocycles. The molecule has 0 radical (unpaired) electrons. The van der Waals surface area contributed by atoms with Crippen LogP contribution in [0, 0.1) is 13.8 Å². The monoisotopic (exact) mass is 341 g/mol. The van der Waals surface area contributed by atoms with Crippen molar-refractivity contribution in [3.63, 3.8) is 0 Å². The van der Waals surface area contributed by atoms with Gasteiger partial charge in [0, 0.05) is 12.1 Å². The maximum absolute atomic E-state index is 5.95. The Bertz CT molecular complexity index is 770. The number of fused-ring (bicyclic) bond motifs is 1. The number of methoxy groups -OCH3 is 2. The number of nitrogens with one attached hydrogen (secondary N) is 1. The molecule has 4 heteroatoms. The Morgan fingerprint density at radius 3 is 2.28 bits per heavy atom. The molecule has 4 nitrogen and oxygen atoms in total. The lowest BCUT2D eigenvalue weighted by Crippen LogP contribution is -2.31. The van der Waals surface area contributed by atoms with Crippen molar-refractivity contribution in [1.82, 2.24) is 5.32 Å². The first kappa shape index (κ1) is 17.6. The quantitative estimate of drug-likeness (QED) is 0.894. The van der Waals surface area contributed by atoms with Crippen LogP contribution in [-0.4, -0.2) is 27.4 Å². The van der Waals surface area contributed by atoms with Gasteiger partial charge in [0.1, 0.15) is 5.75 Å². The van der Waals surface area contributed by atoms with Gasteiger partial charge in [-0.15, -0.1) is 0 Å². The summed E-state index contributed by atoms with van der Waals surface area (Å²) in [6, 6.07) is 8.66. The van der Waals surface area contributed by atoms with Crippen LogP contribution in [0.25, 0.3) is 0 Å². The first-order valence-corrected chi connectivity index (χ1v) is 8.81. The third-order valence-electron chi connectivity index (χ3n) is 4.94. The molecule has 0 saturated carbocycles. The van der Waals surface area contributed by atoms with Gasteiger partial charge in [0.15, 0.2) is 11.5 Å². The van der Waals surface area contributed by atoms with Crippen LogP contribution in [-0.2, 0) is 6.42 Å². The van der Waals surface area contributed by atoms with Crippen molar-refractivity contribution >= 4 is 0 Å². The Morgan fingerprint density at radius 1 is 0.920 bits per heavy atom. The molecule has 0 saturated heterocycles. The zero-order valence-corrected chi connectivity index (χ0v) is 15.7. The predicted molar refractivity (Wildman–Crippen MR) is 100 cm³/mol. The van der Waals surface area contributed by atoms with Crippen molar-refractivity contribution in [3.05, 3.63) is 52.1 Å². The molecule has 1 aliphatic heterocycles. The van der Waals surface area contributed by atoms with Gasteiger partial charge in [0.25, 0.3) is 0 Å². The molecule has 134 valence electrons. The van der Waals surface area contributed by atoms with Crippen LogP contribution < -0.4 is 19.5 Å². The summed E-state index contributed by atoms with van der Waals surface area (Å²) in [5.74, 6) is 2.49. The molecular weight excluding hydrogens is 314 g/mol. The SMILES string of the molecule is CCOc1cc(C)c(C)cc1C1NCCc2cc(OC)c(OC)cc21. The highest BCUT2D eigenvalue weighted by Crippen LogP contribution is 2.40. The van der Waals surface area contributed by atoms with Crippen LogP contribution in [0.4, 0.5) is 0 Å². The van der Waals surface area contributed by atoms with Crippen LogP contribution in [0.15, 0.2) is 24.3 Å². The Balaban J connectivity index is 2.13. The van der Waals surface area contributed by atoms with E-state index in [1.54, 1.807) is 14.2 Å². The van der Waals surface area contributed by atoms with E-state index in [0.29, 0.717) is 6.61 Å². The molecule has 1 aliphatic rings. The van der Waals surface area contributed by atoms with Crippen molar-refractivity contribution in [2.75, 3.05) is 27.4 Å². The minimum atomic E-state index is 0.0874. The third kappa shape index (κ3) is 3.31. The second-order valence-corrected chi connectivity index (χ2v) is 6.45. The van der Waals surface area contributed by atoms with Crippen LogP contribution in [0.3, 0.4) is 0 Å². The number of hydrogen-bond acceptors (Lipinski definition) is 4. The van der Waals surface area contributed by atoms with Gasteiger partial charge in [-0.1, -0.05) is 6.07 Å². The van der Waals surface area contributed by atoms with E-state index in [4.69, 9.17) is 14.2 Å². The fourth-order valence-electron chi connectivity index (χ4n) is 3.48. The predicted octanol–water partition coefficient (Wildman–Crippen LogP) is 3.95. The van der Waals surface area contributed by atoms with E-state index in [1.165, 1.54) is 27.8 Å². The van der Waals surface area contributed by atoms with Gasteiger partial charge >= 0.3 is 0 Å². The number of ether oxygens (including phenoxy) is 3. The van der Waals surface area contributed by atoms with E-state index in [1.807, 2.05) is 6.92 Å². The molecule has 0 amide bonds. The van der Waals surface area contributed by atoms with Crippen LogP contribution in [0.2, 0.25) is 0 Å². The lowest BCUT2D eigenvalue weighted by atomic mass is 9.87. The fourth-order valence-corrected chi connectivity index (χ4v) is 3.48. The zero-order chi connectivity index (χ0) is 18.0. The van der Waals surface area contributed by atoms with Crippen molar-refractivity contribution < 1.29 is 14.2 Å². The van der Waals surface area contributed by atoms with E-state index in [9.17, 15) is 0 Å². The van der Waals surface area contributed by atoms with E-state index in [2.05, 4.69) is 43.4 Å². The highest BCUT2D eigenvalue weighted by Gasteiger charge is 2.26. The fraction of sp³-hybridized carbons (Fsp3) is 0.429. The normalized spacial score (nSPS) is 16.3. The van der Waals surface area contributed by atoms with E-state index in [0.717, 1.165) is 30.2 Å². The summed E-state index contributed by atoms with van der Waals surface area (Å²) in [5, 5.41) is 3.65. The summed E-state index contributed by atoms with van der Waals surface area (Å²) in [5.41, 5.74) is 6.22. The van der Waals surface area contributed by atoms with Gasteiger partial charge in [0.05, 0.1) is 26.9 Å². The van der Waals surface area contributed by atoms with Gasteiger partial charge in [-0.2, -0.15) is 0 Å². The van der Waals surface area contributed by atoms with Gasteiger partial charge < -0.3 is 19.5 Å². The second-order valence-electron chi connectivity index (χ2n) is 6.45. The molecule has 0 spiro atoms. The largest absolute Gasteiger partial charge is 0.494 e. The third-order valence-corrected chi connectivity index (χ3v) is 4.94. The van der Waals surface area contributed by atoms with Crippen molar-refractivity contribution in [3.8, 4) is 17.2 Å². The molecule has 1 atom stereocenters. The lowest BCUT2D eigenvalue weighted by molar-refractivity contribution is 0.332. The summed E-state index contributed by atoms with van der Waals surface area (Å²) < 4.78 is 16.9. The highest BCUT2D eigenvalue weighted by atomic mass is 16.5. The molecule has 0 fully saturated rings. The molecular formula is C21H27NO3. The summed E-state index contributed by atoms with van der Waals surface area (Å²) in [6.07, 6.45) is 0.973. The minimum Gasteiger partial charge on any atom is -0.494 e. The standard InChI is InChI=1S/C21H27NO3/c1-6-25-18-10-14(3)13(2)9-17(18)21-16-12-20(24-5)19(23-4)11-15(16)7-8-22-21/h9-12,21-22H,6-8H2,1-5H3. The Labute approximate surface area is 150 Å². The maximum Gasteiger partial charge on any atom is 0.161 e. The second kappa shape index (κ2) is 7.36. The summed E-state index contributed by atoms with van der Waals surface area (Å²) in [7, 11) is 3.36. The number of rotatable bonds is 5. The van der Waals surface area contributed by atoms with Crippen LogP contribution in [0.5, 0.6) is 17.2 Å². The molecule has 0 aromatic heterocycles. The van der Waals surface area contributed by atoms with Crippen molar-refractivity contribution in [2.24, 2.45) is 0 Å². The molecule has 1 unspecified atom stereocenters. The first-order valence-electron chi connectivity index (χ1n) is 8.81. The summed E-state index contributed by atoms with van der Waals surface area (Å²) in [6.45, 7) is 7.87. The molecule has 25 heavy (non-hydrogen) atoms. The van der Waals surface area contributed by atoms with Crippen LogP contribution in [0.1, 0.15) is 40.8 Å². The maximum atomic E-state index is 5.95. The minimum absolute atomic E-state index is 0.0874. The summed E-state index contributed by atoms with van der Waals surface area (Å²) in [4.78, 5) is 0. The van der Waals surface area contributed by atoms with E-state index < -0.39 is 0 Å². The lowest BCUT2D eigenvalue weighted by Gasteiger charge is -2.30. The zero-order valence-electron chi connectivity index (χ0n) is 15.7. The van der Waals surface area contributed by atoms with Crippen LogP contribution >= 0.6 is 0 Å². The van der Waals surface area contributed by atoms with E-state index >= 15 is 0 Å². The topological polar surface area (TPSA) is 39.7 Å². The van der Waals surface area contributed by atoms with Gasteiger partial charge in [0.2, 0.25) is 0 Å². The Kier molecular flexibility index (Phi) is 5.19. The average Bonchev–Trinajstić information content (AvgIpc) is 2.63. The van der Waals surface area contributed by atoms with Crippen molar-refractivity contribution in [1.29, 1.82) is 0 Å². The highest BCUT2D eigenvalue weighted by molar-refractivity contribution is 5.54. The number of benzene rings is 2. The summed E-state index contributed by atoms with van der Waals surface area (Å²) >= 11 is 0. The van der Waals surface area contributed by atoms with E-state index in [-0.39, 0.29) is 6.04 Å². The number of aryl methyl sites for hydroxylation is 2. The van der Waals surface area contributed by atoms with Gasteiger partial charge in [-0.25, -0.2) is 0 Å². The van der Waals surface area contributed by atoms with Gasteiger partial charge in [-0.05, 0) is 67.6 Å². The Hall–Kier alpha value is -2.20. The van der Waals surface area contributed by atoms with Gasteiger partial charge in [-0.3, -0.25) is 0 Å². The molecule has 1 N–H and O–H groups in total. The van der Waals surface area contributed by atoms with Crippen molar-refractivity contribution in [2.45, 2.75) is 33.2 Å². The molecule has 2 aromatic rings. The molecule has 3 rings (SSSR count). The average molecular weight is 341 g/mol. The Morgan fingerprint density at radius 2 is 1.60 bits per heavy atom. The molecule has 0 bridgehead atoms. The number of hydrogen-bond donors (Lipinski definition) is 1. The molecule has 2 aromatic carbocycles. The smallest absolute Gasteiger partial charge is 0.161 e. The first-order chi connectivity index (χ1) is 12.1. The molecule has 0 aliphatic carbocycles.